The molecule has 5 nitrogen and oxygen atoms in total. The van der Waals surface area contributed by atoms with Crippen molar-refractivity contribution in [1.29, 1.82) is 0 Å². The lowest BCUT2D eigenvalue weighted by Crippen LogP contribution is -2.55. The molecule has 6 rings (SSSR count). The molecule has 0 amide bonds. The number of nitrogens with zero attached hydrogens (tertiary/aromatic N) is 2. The van der Waals surface area contributed by atoms with Gasteiger partial charge in [-0.05, 0) is 79.3 Å². The van der Waals surface area contributed by atoms with Crippen molar-refractivity contribution in [1.82, 2.24) is 9.88 Å². The summed E-state index contributed by atoms with van der Waals surface area (Å²) in [5, 5.41) is 1.60. The smallest absolute Gasteiger partial charge is 0.331 e. The molecule has 6 heteroatoms. The number of piperidine rings is 3. The van der Waals surface area contributed by atoms with E-state index in [1.807, 2.05) is 36.4 Å². The third-order valence-electron chi connectivity index (χ3n) is 7.32. The topological polar surface area (TPSA) is 51.7 Å². The van der Waals surface area contributed by atoms with Crippen LogP contribution in [0.4, 0.5) is 0 Å². The van der Waals surface area contributed by atoms with Crippen LogP contribution >= 0.6 is 11.6 Å². The zero-order valence-corrected chi connectivity index (χ0v) is 20.5. The fourth-order valence-corrected chi connectivity index (χ4v) is 5.59. The number of halogens is 1. The Morgan fingerprint density at radius 2 is 2.06 bits per heavy atom. The molecule has 0 saturated carbocycles. The molecule has 180 valence electrons. The van der Waals surface area contributed by atoms with Crippen molar-refractivity contribution >= 4 is 34.5 Å². The highest BCUT2D eigenvalue weighted by Crippen LogP contribution is 2.43. The van der Waals surface area contributed by atoms with E-state index in [1.165, 1.54) is 6.08 Å². The summed E-state index contributed by atoms with van der Waals surface area (Å²) in [6.07, 6.45) is 8.79. The number of carbonyl (C=O) groups excluding carboxylic acids is 1. The Morgan fingerprint density at radius 3 is 2.77 bits per heavy atom. The number of ether oxygens (including phenoxy) is 2. The van der Waals surface area contributed by atoms with Crippen molar-refractivity contribution in [2.75, 3.05) is 20.2 Å². The highest BCUT2D eigenvalue weighted by molar-refractivity contribution is 6.30. The Labute approximate surface area is 211 Å². The van der Waals surface area contributed by atoms with Crippen LogP contribution in [0.3, 0.4) is 0 Å². The van der Waals surface area contributed by atoms with Gasteiger partial charge in [-0.2, -0.15) is 0 Å². The summed E-state index contributed by atoms with van der Waals surface area (Å²) in [4.78, 5) is 20.1. The first-order valence-corrected chi connectivity index (χ1v) is 12.4. The van der Waals surface area contributed by atoms with E-state index in [1.54, 1.807) is 31.5 Å². The minimum absolute atomic E-state index is 0.0923. The molecule has 3 aromatic rings. The van der Waals surface area contributed by atoms with Gasteiger partial charge >= 0.3 is 5.97 Å². The van der Waals surface area contributed by atoms with Crippen LogP contribution in [0.5, 0.6) is 5.75 Å². The molecule has 3 aliphatic rings. The molecule has 5 atom stereocenters. The van der Waals surface area contributed by atoms with Gasteiger partial charge in [0.15, 0.2) is 0 Å². The second kappa shape index (κ2) is 10.2. The van der Waals surface area contributed by atoms with E-state index in [2.05, 4.69) is 22.5 Å². The fraction of sp³-hybridized carbons (Fsp3) is 0.310. The highest BCUT2D eigenvalue weighted by atomic mass is 35.5. The van der Waals surface area contributed by atoms with E-state index in [9.17, 15) is 4.79 Å². The third kappa shape index (κ3) is 4.97. The van der Waals surface area contributed by atoms with Crippen molar-refractivity contribution in [2.24, 2.45) is 11.8 Å². The van der Waals surface area contributed by atoms with Gasteiger partial charge in [-0.15, -0.1) is 6.58 Å². The third-order valence-corrected chi connectivity index (χ3v) is 7.57. The number of rotatable bonds is 7. The molecule has 1 aromatic heterocycles. The second-order valence-electron chi connectivity index (χ2n) is 9.27. The van der Waals surface area contributed by atoms with Crippen molar-refractivity contribution in [3.8, 4) is 5.75 Å². The van der Waals surface area contributed by atoms with E-state index < -0.39 is 6.10 Å². The fourth-order valence-electron chi connectivity index (χ4n) is 5.47. The SMILES string of the molecule is C=C[C@@H]1CN2CC[C@H]1C[C@@H]2[C@@H](OC(=O)/C=C\c1ccc(Cl)cc1)c1ccnc2ccc(OC)cc12. The minimum atomic E-state index is -0.427. The summed E-state index contributed by atoms with van der Waals surface area (Å²) >= 11 is 5.98. The first-order valence-electron chi connectivity index (χ1n) is 12.0. The molecule has 0 spiro atoms. The van der Waals surface area contributed by atoms with Gasteiger partial charge in [0.05, 0.1) is 18.7 Å². The molecule has 4 heterocycles. The normalized spacial score (nSPS) is 24.4. The predicted molar refractivity (Wildman–Crippen MR) is 139 cm³/mol. The molecular weight excluding hydrogens is 460 g/mol. The van der Waals surface area contributed by atoms with E-state index in [0.717, 1.165) is 53.7 Å². The monoisotopic (exact) mass is 488 g/mol. The molecule has 0 radical (unpaired) electrons. The van der Waals surface area contributed by atoms with Crippen LogP contribution in [0.25, 0.3) is 17.0 Å². The lowest BCUT2D eigenvalue weighted by molar-refractivity contribution is -0.151. The summed E-state index contributed by atoms with van der Waals surface area (Å²) in [7, 11) is 1.65. The Bertz CT molecular complexity index is 1260. The standard InChI is InChI=1S/C29H29ClN2O3/c1-3-20-18-32-15-13-21(20)16-27(32)29(35-28(33)11-6-19-4-7-22(30)8-5-19)24-12-14-31-26-10-9-23(34-2)17-25(24)26/h3-12,14,17,20-21,27,29H,1,13,15-16,18H2,2H3/b11-6-/t20-,21+,27-,29+/m1/s1. The molecule has 0 aliphatic carbocycles. The highest BCUT2D eigenvalue weighted by Gasteiger charge is 2.44. The first kappa shape index (κ1) is 23.6. The number of aromatic nitrogens is 1. The van der Waals surface area contributed by atoms with Crippen molar-refractivity contribution in [2.45, 2.75) is 25.0 Å². The van der Waals surface area contributed by atoms with Gasteiger partial charge in [-0.25, -0.2) is 4.79 Å². The van der Waals surface area contributed by atoms with Crippen LogP contribution < -0.4 is 4.74 Å². The van der Waals surface area contributed by atoms with Crippen molar-refractivity contribution in [3.05, 3.63) is 89.6 Å². The maximum absolute atomic E-state index is 13.1. The minimum Gasteiger partial charge on any atom is -0.497 e. The van der Waals surface area contributed by atoms with E-state index in [0.29, 0.717) is 16.9 Å². The Morgan fingerprint density at radius 1 is 1.23 bits per heavy atom. The van der Waals surface area contributed by atoms with Crippen molar-refractivity contribution < 1.29 is 14.3 Å². The van der Waals surface area contributed by atoms with Gasteiger partial charge in [-0.3, -0.25) is 9.88 Å². The molecule has 35 heavy (non-hydrogen) atoms. The largest absolute Gasteiger partial charge is 0.497 e. The summed E-state index contributed by atoms with van der Waals surface area (Å²) < 4.78 is 11.7. The molecule has 0 N–H and O–H groups in total. The van der Waals surface area contributed by atoms with Crippen LogP contribution in [0.2, 0.25) is 5.02 Å². The molecule has 3 fully saturated rings. The van der Waals surface area contributed by atoms with Crippen LogP contribution in [-0.2, 0) is 9.53 Å². The number of methoxy groups -OCH3 is 1. The summed E-state index contributed by atoms with van der Waals surface area (Å²) in [6.45, 7) is 5.99. The van der Waals surface area contributed by atoms with Gasteiger partial charge in [0.2, 0.25) is 0 Å². The summed E-state index contributed by atoms with van der Waals surface area (Å²) in [5.74, 6) is 1.41. The zero-order chi connectivity index (χ0) is 24.4. The Kier molecular flexibility index (Phi) is 6.89. The summed E-state index contributed by atoms with van der Waals surface area (Å²) in [6, 6.07) is 15.2. The number of hydrogen-bond donors (Lipinski definition) is 0. The molecular formula is C29H29ClN2O3. The van der Waals surface area contributed by atoms with Crippen LogP contribution in [-0.4, -0.2) is 42.1 Å². The molecule has 3 aliphatic heterocycles. The maximum Gasteiger partial charge on any atom is 0.331 e. The van der Waals surface area contributed by atoms with E-state index in [4.69, 9.17) is 21.1 Å². The van der Waals surface area contributed by atoms with Crippen LogP contribution in [0.15, 0.2) is 73.5 Å². The number of pyridine rings is 1. The number of benzene rings is 2. The Balaban J connectivity index is 1.49. The maximum atomic E-state index is 13.1. The molecule has 3 saturated heterocycles. The average molecular weight is 489 g/mol. The summed E-state index contributed by atoms with van der Waals surface area (Å²) in [5.41, 5.74) is 2.69. The second-order valence-corrected chi connectivity index (χ2v) is 9.71. The predicted octanol–water partition coefficient (Wildman–Crippen LogP) is 6.09. The first-order chi connectivity index (χ1) is 17.1. The van der Waals surface area contributed by atoms with Crippen molar-refractivity contribution in [3.63, 3.8) is 0 Å². The number of fused-ring (bicyclic) bond motifs is 4. The quantitative estimate of drug-likeness (QED) is 0.229. The Hall–Kier alpha value is -3.15. The number of esters is 1. The van der Waals surface area contributed by atoms with Gasteiger partial charge in [-0.1, -0.05) is 29.8 Å². The average Bonchev–Trinajstić information content (AvgIpc) is 2.91. The van der Waals surface area contributed by atoms with Gasteiger partial charge < -0.3 is 9.47 Å². The lowest BCUT2D eigenvalue weighted by atomic mass is 9.73. The van der Waals surface area contributed by atoms with Gasteiger partial charge in [0.1, 0.15) is 11.9 Å². The number of hydrogen-bond acceptors (Lipinski definition) is 5. The lowest BCUT2D eigenvalue weighted by Gasteiger charge is -2.51. The van der Waals surface area contributed by atoms with Crippen LogP contribution in [0, 0.1) is 11.8 Å². The van der Waals surface area contributed by atoms with E-state index in [-0.39, 0.29) is 12.0 Å². The van der Waals surface area contributed by atoms with Gasteiger partial charge in [0, 0.05) is 34.8 Å². The van der Waals surface area contributed by atoms with Crippen LogP contribution in [0.1, 0.15) is 30.1 Å². The van der Waals surface area contributed by atoms with E-state index >= 15 is 0 Å². The molecule has 1 unspecified atom stereocenters. The van der Waals surface area contributed by atoms with Gasteiger partial charge in [0.25, 0.3) is 0 Å². The zero-order valence-electron chi connectivity index (χ0n) is 19.8. The molecule has 2 bridgehead atoms. The number of carbonyl (C=O) groups is 1. The molecule has 2 aromatic carbocycles.